The van der Waals surface area contributed by atoms with Crippen LogP contribution in [0, 0.1) is 0 Å². The molecule has 0 bridgehead atoms. The molecule has 0 aliphatic heterocycles. The molecule has 0 aliphatic rings. The van der Waals surface area contributed by atoms with Gasteiger partial charge in [0, 0.05) is 25.3 Å². The van der Waals surface area contributed by atoms with Crippen molar-refractivity contribution in [3.63, 3.8) is 0 Å². The first kappa shape index (κ1) is 13.9. The van der Waals surface area contributed by atoms with E-state index in [4.69, 9.17) is 0 Å². The Balaban J connectivity index is 2.08. The topological polar surface area (TPSA) is 40.5 Å². The van der Waals surface area contributed by atoms with Crippen molar-refractivity contribution in [1.29, 1.82) is 0 Å². The van der Waals surface area contributed by atoms with Crippen LogP contribution in [-0.4, -0.2) is 25.0 Å². The van der Waals surface area contributed by atoms with Crippen molar-refractivity contribution in [2.75, 3.05) is 19.0 Å². The van der Waals surface area contributed by atoms with E-state index in [9.17, 15) is 9.90 Å². The lowest BCUT2D eigenvalue weighted by Crippen LogP contribution is -2.07. The van der Waals surface area contributed by atoms with Gasteiger partial charge in [-0.25, -0.2) is 0 Å². The highest BCUT2D eigenvalue weighted by atomic mass is 16.3. The number of rotatable bonds is 4. The molecule has 0 aliphatic carbocycles. The number of anilines is 1. The minimum Gasteiger partial charge on any atom is -0.508 e. The number of carbonyl (C=O) groups is 1. The van der Waals surface area contributed by atoms with E-state index in [1.165, 1.54) is 18.2 Å². The van der Waals surface area contributed by atoms with Gasteiger partial charge >= 0.3 is 0 Å². The Kier molecular flexibility index (Phi) is 4.20. The van der Waals surface area contributed by atoms with Gasteiger partial charge in [-0.3, -0.25) is 4.79 Å². The van der Waals surface area contributed by atoms with E-state index in [2.05, 4.69) is 0 Å². The van der Waals surface area contributed by atoms with Crippen LogP contribution < -0.4 is 4.90 Å². The second-order valence-corrected chi connectivity index (χ2v) is 4.73. The zero-order valence-electron chi connectivity index (χ0n) is 11.6. The molecule has 0 aromatic heterocycles. The summed E-state index contributed by atoms with van der Waals surface area (Å²) in [6.45, 7) is 0. The first-order chi connectivity index (χ1) is 9.56. The van der Waals surface area contributed by atoms with Crippen molar-refractivity contribution in [3.8, 4) is 5.75 Å². The maximum absolute atomic E-state index is 11.9. The third kappa shape index (κ3) is 3.48. The smallest absolute Gasteiger partial charge is 0.185 e. The van der Waals surface area contributed by atoms with Gasteiger partial charge < -0.3 is 10.0 Å². The van der Waals surface area contributed by atoms with Crippen LogP contribution in [0.5, 0.6) is 5.75 Å². The highest BCUT2D eigenvalue weighted by molar-refractivity contribution is 6.06. The molecule has 1 N–H and O–H groups in total. The van der Waals surface area contributed by atoms with Gasteiger partial charge in [0.05, 0.1) is 0 Å². The molecule has 0 spiro atoms. The summed E-state index contributed by atoms with van der Waals surface area (Å²) in [5.74, 6) is 0.0755. The standard InChI is InChI=1S/C17H17NO2/c1-18(2)15-8-3-13(4-9-15)5-12-17(20)14-6-10-16(19)11-7-14/h3-12,19H,1-2H3. The highest BCUT2D eigenvalue weighted by Crippen LogP contribution is 2.14. The van der Waals surface area contributed by atoms with Crippen molar-refractivity contribution >= 4 is 17.5 Å². The van der Waals surface area contributed by atoms with Crippen molar-refractivity contribution < 1.29 is 9.90 Å². The zero-order valence-corrected chi connectivity index (χ0v) is 11.6. The summed E-state index contributed by atoms with van der Waals surface area (Å²) in [6.07, 6.45) is 3.33. The third-order valence-corrected chi connectivity index (χ3v) is 2.99. The SMILES string of the molecule is CN(C)c1ccc(C=CC(=O)c2ccc(O)cc2)cc1. The van der Waals surface area contributed by atoms with Gasteiger partial charge in [0.15, 0.2) is 5.78 Å². The Morgan fingerprint density at radius 1 is 1.00 bits per heavy atom. The zero-order chi connectivity index (χ0) is 14.5. The summed E-state index contributed by atoms with van der Waals surface area (Å²) < 4.78 is 0. The maximum Gasteiger partial charge on any atom is 0.185 e. The van der Waals surface area contributed by atoms with Gasteiger partial charge in [-0.1, -0.05) is 18.2 Å². The highest BCUT2D eigenvalue weighted by Gasteiger charge is 2.01. The maximum atomic E-state index is 11.9. The van der Waals surface area contributed by atoms with E-state index < -0.39 is 0 Å². The molecule has 3 heteroatoms. The van der Waals surface area contributed by atoms with Crippen LogP contribution in [0.2, 0.25) is 0 Å². The molecule has 0 saturated heterocycles. The molecule has 20 heavy (non-hydrogen) atoms. The van der Waals surface area contributed by atoms with E-state index in [0.29, 0.717) is 5.56 Å². The summed E-state index contributed by atoms with van der Waals surface area (Å²) in [4.78, 5) is 14.0. The molecule has 2 aromatic rings. The molecule has 102 valence electrons. The monoisotopic (exact) mass is 267 g/mol. The van der Waals surface area contributed by atoms with Crippen LogP contribution in [0.25, 0.3) is 6.08 Å². The van der Waals surface area contributed by atoms with Gasteiger partial charge in [0.2, 0.25) is 0 Å². The largest absolute Gasteiger partial charge is 0.508 e. The first-order valence-electron chi connectivity index (χ1n) is 6.35. The van der Waals surface area contributed by atoms with E-state index in [1.807, 2.05) is 43.3 Å². The number of ketones is 1. The number of carbonyl (C=O) groups excluding carboxylic acids is 1. The molecule has 2 aromatic carbocycles. The van der Waals surface area contributed by atoms with Crippen LogP contribution in [-0.2, 0) is 0 Å². The second kappa shape index (κ2) is 6.06. The summed E-state index contributed by atoms with van der Waals surface area (Å²) >= 11 is 0. The molecule has 0 saturated carbocycles. The molecule has 0 heterocycles. The van der Waals surface area contributed by atoms with Gasteiger partial charge in [-0.05, 0) is 48.0 Å². The number of hydrogen-bond donors (Lipinski definition) is 1. The molecule has 2 rings (SSSR count). The fourth-order valence-corrected chi connectivity index (χ4v) is 1.78. The normalized spacial score (nSPS) is 10.7. The molecular weight excluding hydrogens is 250 g/mol. The fourth-order valence-electron chi connectivity index (χ4n) is 1.78. The van der Waals surface area contributed by atoms with Crippen LogP contribution in [0.1, 0.15) is 15.9 Å². The Morgan fingerprint density at radius 2 is 1.60 bits per heavy atom. The Morgan fingerprint density at radius 3 is 2.15 bits per heavy atom. The van der Waals surface area contributed by atoms with E-state index >= 15 is 0 Å². The average Bonchev–Trinajstić information content (AvgIpc) is 2.46. The van der Waals surface area contributed by atoms with Gasteiger partial charge in [-0.15, -0.1) is 0 Å². The number of benzene rings is 2. The predicted molar refractivity (Wildman–Crippen MR) is 82.2 cm³/mol. The van der Waals surface area contributed by atoms with Crippen molar-refractivity contribution in [1.82, 2.24) is 0 Å². The van der Waals surface area contributed by atoms with Gasteiger partial charge in [0.1, 0.15) is 5.75 Å². The van der Waals surface area contributed by atoms with E-state index in [1.54, 1.807) is 18.2 Å². The van der Waals surface area contributed by atoms with Crippen LogP contribution >= 0.6 is 0 Å². The number of hydrogen-bond acceptors (Lipinski definition) is 3. The average molecular weight is 267 g/mol. The number of phenols is 1. The minimum absolute atomic E-state index is 0.0818. The van der Waals surface area contributed by atoms with E-state index in [0.717, 1.165) is 11.3 Å². The lowest BCUT2D eigenvalue weighted by molar-refractivity contribution is 0.104. The molecule has 0 radical (unpaired) electrons. The predicted octanol–water partition coefficient (Wildman–Crippen LogP) is 3.35. The van der Waals surface area contributed by atoms with Gasteiger partial charge in [-0.2, -0.15) is 0 Å². The van der Waals surface area contributed by atoms with Crippen LogP contribution in [0.3, 0.4) is 0 Å². The van der Waals surface area contributed by atoms with Crippen molar-refractivity contribution in [2.24, 2.45) is 0 Å². The number of phenolic OH excluding ortho intramolecular Hbond substituents is 1. The summed E-state index contributed by atoms with van der Waals surface area (Å²) in [6, 6.07) is 14.2. The van der Waals surface area contributed by atoms with Crippen molar-refractivity contribution in [3.05, 3.63) is 65.7 Å². The number of allylic oxidation sites excluding steroid dienone is 1. The molecule has 0 amide bonds. The number of aromatic hydroxyl groups is 1. The molecule has 3 nitrogen and oxygen atoms in total. The molecule has 0 fully saturated rings. The van der Waals surface area contributed by atoms with Gasteiger partial charge in [0.25, 0.3) is 0 Å². The van der Waals surface area contributed by atoms with Crippen LogP contribution in [0.15, 0.2) is 54.6 Å². The Labute approximate surface area is 118 Å². The minimum atomic E-state index is -0.0818. The number of nitrogens with zero attached hydrogens (tertiary/aromatic N) is 1. The molecular formula is C17H17NO2. The summed E-state index contributed by atoms with van der Waals surface area (Å²) in [5, 5.41) is 9.18. The van der Waals surface area contributed by atoms with Crippen molar-refractivity contribution in [2.45, 2.75) is 0 Å². The summed E-state index contributed by atoms with van der Waals surface area (Å²) in [5.41, 5.74) is 2.65. The Bertz CT molecular complexity index is 610. The Hall–Kier alpha value is -2.55. The second-order valence-electron chi connectivity index (χ2n) is 4.73. The quantitative estimate of drug-likeness (QED) is 0.682. The first-order valence-corrected chi connectivity index (χ1v) is 6.35. The fraction of sp³-hybridized carbons (Fsp3) is 0.118. The van der Waals surface area contributed by atoms with Crippen LogP contribution in [0.4, 0.5) is 5.69 Å². The lowest BCUT2D eigenvalue weighted by atomic mass is 10.1. The third-order valence-electron chi connectivity index (χ3n) is 2.99. The van der Waals surface area contributed by atoms with E-state index in [-0.39, 0.29) is 11.5 Å². The molecule has 0 atom stereocenters. The summed E-state index contributed by atoms with van der Waals surface area (Å²) in [7, 11) is 3.97. The lowest BCUT2D eigenvalue weighted by Gasteiger charge is -2.11. The molecule has 0 unspecified atom stereocenters.